The number of ether oxygens (including phenoxy) is 1. The Bertz CT molecular complexity index is 1990. The van der Waals surface area contributed by atoms with E-state index in [1.807, 2.05) is 32.9 Å². The SMILES string of the molecule is CCCCC(CC)CNC(=O)c1cc(N(CC(CC)CCCC)CC(CC)CCCC)ccc1N=C1C(C#N)=C(C(=O)OC2C(C(C)(C)C)CC(C)CC2C(C)(C)C)c2nc(C(C)(C)C)nn21. The van der Waals surface area contributed by atoms with Gasteiger partial charge in [-0.05, 0) is 84.8 Å². The Morgan fingerprint density at radius 2 is 1.36 bits per heavy atom. The Balaban J connectivity index is 1.96. The molecule has 1 aromatic heterocycles. The number of anilines is 1. The number of aromatic nitrogens is 3. The fourth-order valence-electron chi connectivity index (χ4n) is 10.4. The Kier molecular flexibility index (Phi) is 20.3. The fraction of sp³-hybridized carbons (Fsp3) is 0.754. The van der Waals surface area contributed by atoms with Gasteiger partial charge < -0.3 is 15.0 Å². The van der Waals surface area contributed by atoms with E-state index < -0.39 is 11.4 Å². The summed E-state index contributed by atoms with van der Waals surface area (Å²) in [6.07, 6.45) is 15.0. The number of nitrogens with zero attached hydrogens (tertiary/aromatic N) is 6. The maximum atomic E-state index is 15.0. The van der Waals surface area contributed by atoms with Gasteiger partial charge in [-0.25, -0.2) is 14.8 Å². The van der Waals surface area contributed by atoms with Gasteiger partial charge in [0.15, 0.2) is 17.5 Å². The molecule has 1 aliphatic carbocycles. The molecule has 1 amide bonds. The maximum absolute atomic E-state index is 15.0. The molecule has 4 rings (SSSR count). The van der Waals surface area contributed by atoms with Crippen LogP contribution in [0.4, 0.5) is 11.4 Å². The summed E-state index contributed by atoms with van der Waals surface area (Å²) in [7, 11) is 0. The second kappa shape index (κ2) is 24.5. The van der Waals surface area contributed by atoms with Crippen molar-refractivity contribution in [2.75, 3.05) is 24.5 Å². The third kappa shape index (κ3) is 14.5. The summed E-state index contributed by atoms with van der Waals surface area (Å²) in [5.41, 5.74) is 1.27. The van der Waals surface area contributed by atoms with Crippen molar-refractivity contribution in [3.05, 3.63) is 41.0 Å². The molecule has 0 spiro atoms. The number of carbonyl (C=O) groups is 2. The van der Waals surface area contributed by atoms with Crippen LogP contribution in [0.3, 0.4) is 0 Å². The lowest BCUT2D eigenvalue weighted by Crippen LogP contribution is -2.49. The number of hydrogen-bond donors (Lipinski definition) is 1. The normalized spacial score (nSPS) is 20.9. The number of unbranched alkanes of at least 4 members (excludes halogenated alkanes) is 3. The molecule has 1 saturated carbocycles. The van der Waals surface area contributed by atoms with Crippen LogP contribution in [0.25, 0.3) is 5.57 Å². The molecule has 1 N–H and O–H groups in total. The number of nitrogens with one attached hydrogen (secondary N) is 1. The van der Waals surface area contributed by atoms with E-state index in [-0.39, 0.29) is 57.5 Å². The zero-order valence-corrected chi connectivity index (χ0v) is 45.2. The van der Waals surface area contributed by atoms with Crippen molar-refractivity contribution in [1.82, 2.24) is 20.1 Å². The van der Waals surface area contributed by atoms with E-state index in [1.54, 1.807) is 4.68 Å². The molecular formula is C57H93N7O3. The minimum atomic E-state index is -0.581. The van der Waals surface area contributed by atoms with Gasteiger partial charge in [0.2, 0.25) is 0 Å². The molecule has 1 aromatic carbocycles. The quantitative estimate of drug-likeness (QED) is 0.110. The fourth-order valence-corrected chi connectivity index (χ4v) is 10.4. The number of amides is 1. The molecule has 374 valence electrons. The molecule has 2 aliphatic rings. The molecule has 10 nitrogen and oxygen atoms in total. The third-order valence-electron chi connectivity index (χ3n) is 15.0. The van der Waals surface area contributed by atoms with Gasteiger partial charge in [0, 0.05) is 42.6 Å². The molecular weight excluding hydrogens is 831 g/mol. The number of fused-ring (bicyclic) bond motifs is 1. The van der Waals surface area contributed by atoms with Crippen molar-refractivity contribution in [3.8, 4) is 6.07 Å². The largest absolute Gasteiger partial charge is 0.458 e. The molecule has 0 saturated heterocycles. The van der Waals surface area contributed by atoms with E-state index in [4.69, 9.17) is 19.8 Å². The second-order valence-electron chi connectivity index (χ2n) is 23.7. The highest BCUT2D eigenvalue weighted by atomic mass is 16.5. The van der Waals surface area contributed by atoms with E-state index in [0.29, 0.717) is 47.3 Å². The number of rotatable bonds is 23. The standard InChI is InChI=1S/C57H93N7O3/c1-17-23-26-39(20-4)35-59-52(65)43-33-42(63(36-40(21-5)27-24-18-2)37-41(22-6)28-25-19-3)29-30-47(43)60-50-44(34-58)48(51-61-54(57(14,15)16)62-64(50)51)53(66)67-49-45(55(8,9)10)31-38(7)32-46(49)56(11,12)13/h29-30,33,38-41,45-46,49H,17-28,31-32,35-37H2,1-16H3,(H,59,65). The summed E-state index contributed by atoms with van der Waals surface area (Å²) in [6, 6.07) is 8.40. The summed E-state index contributed by atoms with van der Waals surface area (Å²) in [4.78, 5) is 42.4. The number of esters is 1. The third-order valence-corrected chi connectivity index (χ3v) is 15.0. The predicted molar refractivity (Wildman–Crippen MR) is 279 cm³/mol. The van der Waals surface area contributed by atoms with Gasteiger partial charge >= 0.3 is 5.97 Å². The van der Waals surface area contributed by atoms with Gasteiger partial charge in [0.05, 0.1) is 11.3 Å². The topological polar surface area (TPSA) is 126 Å². The van der Waals surface area contributed by atoms with Crippen LogP contribution in [0.5, 0.6) is 0 Å². The number of allylic oxidation sites excluding steroid dienone is 1. The van der Waals surface area contributed by atoms with Crippen LogP contribution in [0, 0.1) is 57.7 Å². The second-order valence-corrected chi connectivity index (χ2v) is 23.7. The molecule has 0 radical (unpaired) electrons. The first kappa shape index (κ1) is 55.6. The van der Waals surface area contributed by atoms with Crippen molar-refractivity contribution >= 4 is 34.7 Å². The first-order chi connectivity index (χ1) is 31.6. The highest BCUT2D eigenvalue weighted by Crippen LogP contribution is 2.50. The van der Waals surface area contributed by atoms with E-state index in [0.717, 1.165) is 70.1 Å². The average Bonchev–Trinajstić information content (AvgIpc) is 3.83. The van der Waals surface area contributed by atoms with Crippen molar-refractivity contribution in [1.29, 1.82) is 5.26 Å². The van der Waals surface area contributed by atoms with Crippen LogP contribution >= 0.6 is 0 Å². The number of hydrogen-bond acceptors (Lipinski definition) is 8. The summed E-state index contributed by atoms with van der Waals surface area (Å²) in [6.45, 7) is 37.7. The molecule has 5 atom stereocenters. The monoisotopic (exact) mass is 924 g/mol. The van der Waals surface area contributed by atoms with Crippen molar-refractivity contribution in [2.45, 2.75) is 212 Å². The van der Waals surface area contributed by atoms with E-state index in [2.05, 4.69) is 112 Å². The van der Waals surface area contributed by atoms with E-state index in [9.17, 15) is 14.9 Å². The Hall–Kier alpha value is -4.00. The molecule has 2 aromatic rings. The van der Waals surface area contributed by atoms with Gasteiger partial charge in [-0.15, -0.1) is 5.10 Å². The van der Waals surface area contributed by atoms with Gasteiger partial charge in [0.25, 0.3) is 5.91 Å². The minimum absolute atomic E-state index is 0.0513. The van der Waals surface area contributed by atoms with Gasteiger partial charge in [-0.2, -0.15) is 9.94 Å². The number of aliphatic imine (C=N–C) groups is 1. The molecule has 2 heterocycles. The first-order valence-electron chi connectivity index (χ1n) is 26.7. The minimum Gasteiger partial charge on any atom is -0.458 e. The number of nitriles is 1. The molecule has 67 heavy (non-hydrogen) atoms. The smallest absolute Gasteiger partial charge is 0.343 e. The Labute approximate surface area is 408 Å². The highest BCUT2D eigenvalue weighted by molar-refractivity contribution is 6.30. The Morgan fingerprint density at radius 3 is 1.82 bits per heavy atom. The van der Waals surface area contributed by atoms with Crippen molar-refractivity contribution in [2.24, 2.45) is 51.3 Å². The van der Waals surface area contributed by atoms with E-state index >= 15 is 0 Å². The van der Waals surface area contributed by atoms with E-state index in [1.165, 1.54) is 38.5 Å². The molecule has 0 bridgehead atoms. The average molecular weight is 924 g/mol. The number of benzene rings is 1. The molecule has 5 unspecified atom stereocenters. The highest BCUT2D eigenvalue weighted by Gasteiger charge is 2.49. The summed E-state index contributed by atoms with van der Waals surface area (Å²) in [5, 5.41) is 19.3. The lowest BCUT2D eigenvalue weighted by Gasteiger charge is -2.50. The van der Waals surface area contributed by atoms with Crippen LogP contribution in [0.1, 0.15) is 223 Å². The van der Waals surface area contributed by atoms with Crippen LogP contribution in [0.2, 0.25) is 0 Å². The number of carbonyl (C=O) groups excluding carboxylic acids is 2. The maximum Gasteiger partial charge on any atom is 0.343 e. The lowest BCUT2D eigenvalue weighted by atomic mass is 9.59. The zero-order valence-electron chi connectivity index (χ0n) is 45.2. The first-order valence-corrected chi connectivity index (χ1v) is 26.7. The van der Waals surface area contributed by atoms with Crippen LogP contribution in [0.15, 0.2) is 28.8 Å². The molecule has 10 heteroatoms. The van der Waals surface area contributed by atoms with Gasteiger partial charge in [0.1, 0.15) is 23.3 Å². The predicted octanol–water partition coefficient (Wildman–Crippen LogP) is 14.3. The van der Waals surface area contributed by atoms with Crippen LogP contribution in [-0.4, -0.2) is 58.2 Å². The van der Waals surface area contributed by atoms with Gasteiger partial charge in [-0.3, -0.25) is 4.79 Å². The summed E-state index contributed by atoms with van der Waals surface area (Å²) < 4.78 is 8.30. The van der Waals surface area contributed by atoms with Crippen molar-refractivity contribution < 1.29 is 14.3 Å². The summed E-state index contributed by atoms with van der Waals surface area (Å²) >= 11 is 0. The van der Waals surface area contributed by atoms with Crippen molar-refractivity contribution in [3.63, 3.8) is 0 Å². The van der Waals surface area contributed by atoms with Gasteiger partial charge in [-0.1, -0.05) is 169 Å². The lowest BCUT2D eigenvalue weighted by molar-refractivity contribution is -0.162. The molecule has 1 aliphatic heterocycles. The summed E-state index contributed by atoms with van der Waals surface area (Å²) in [5.74, 6) is 2.29. The zero-order chi connectivity index (χ0) is 49.9. The molecule has 1 fully saturated rings. The van der Waals surface area contributed by atoms with Crippen LogP contribution < -0.4 is 10.2 Å². The van der Waals surface area contributed by atoms with Crippen LogP contribution in [-0.2, 0) is 14.9 Å². The Morgan fingerprint density at radius 1 is 0.836 bits per heavy atom.